The summed E-state index contributed by atoms with van der Waals surface area (Å²) in [6.07, 6.45) is 1.61. The zero-order chi connectivity index (χ0) is 15.4. The van der Waals surface area contributed by atoms with Crippen LogP contribution < -0.4 is 14.8 Å². The molecule has 0 amide bonds. The normalized spacial score (nSPS) is 11.9. The second-order valence-corrected chi connectivity index (χ2v) is 5.51. The molecule has 1 aromatic carbocycles. The highest BCUT2D eigenvalue weighted by molar-refractivity contribution is 9.10. The second kappa shape index (κ2) is 6.95. The van der Waals surface area contributed by atoms with E-state index in [0.29, 0.717) is 17.3 Å². The Kier molecular flexibility index (Phi) is 5.25. The van der Waals surface area contributed by atoms with Gasteiger partial charge in [-0.15, -0.1) is 0 Å². The van der Waals surface area contributed by atoms with Crippen LogP contribution in [0.3, 0.4) is 0 Å². The van der Waals surface area contributed by atoms with Gasteiger partial charge in [0.2, 0.25) is 5.28 Å². The fourth-order valence-corrected chi connectivity index (χ4v) is 2.30. The highest BCUT2D eigenvalue weighted by Gasteiger charge is 2.12. The van der Waals surface area contributed by atoms with Gasteiger partial charge in [-0.25, -0.2) is 4.98 Å². The molecule has 2 aromatic rings. The molecule has 1 heterocycles. The summed E-state index contributed by atoms with van der Waals surface area (Å²) in [5.74, 6) is 2.01. The van der Waals surface area contributed by atoms with Crippen LogP contribution in [0.25, 0.3) is 0 Å². The summed E-state index contributed by atoms with van der Waals surface area (Å²) >= 11 is 9.21. The van der Waals surface area contributed by atoms with Crippen LogP contribution in [0.2, 0.25) is 5.28 Å². The Balaban J connectivity index is 2.24. The van der Waals surface area contributed by atoms with Crippen molar-refractivity contribution in [2.75, 3.05) is 19.5 Å². The minimum atomic E-state index is 0.00655. The number of nitrogens with zero attached hydrogens (tertiary/aromatic N) is 2. The maximum absolute atomic E-state index is 5.81. The van der Waals surface area contributed by atoms with Gasteiger partial charge < -0.3 is 14.8 Å². The van der Waals surface area contributed by atoms with Gasteiger partial charge in [0.1, 0.15) is 5.82 Å². The fourth-order valence-electron chi connectivity index (χ4n) is 1.86. The average Bonchev–Trinajstić information content (AvgIpc) is 2.50. The molecule has 7 heteroatoms. The van der Waals surface area contributed by atoms with E-state index in [1.165, 1.54) is 0 Å². The minimum Gasteiger partial charge on any atom is -0.493 e. The molecule has 2 rings (SSSR count). The second-order valence-electron chi connectivity index (χ2n) is 4.32. The third-order valence-electron chi connectivity index (χ3n) is 2.98. The van der Waals surface area contributed by atoms with Gasteiger partial charge in [0.25, 0.3) is 0 Å². The van der Waals surface area contributed by atoms with Crippen molar-refractivity contribution in [2.24, 2.45) is 0 Å². The maximum atomic E-state index is 5.81. The van der Waals surface area contributed by atoms with Crippen molar-refractivity contribution in [1.29, 1.82) is 0 Å². The molecule has 0 aliphatic rings. The summed E-state index contributed by atoms with van der Waals surface area (Å²) in [6.45, 7) is 2.02. The van der Waals surface area contributed by atoms with Crippen LogP contribution >= 0.6 is 27.5 Å². The van der Waals surface area contributed by atoms with E-state index < -0.39 is 0 Å². The number of anilines is 1. The quantitative estimate of drug-likeness (QED) is 0.801. The smallest absolute Gasteiger partial charge is 0.224 e. The molecule has 0 spiro atoms. The largest absolute Gasteiger partial charge is 0.493 e. The molecule has 0 saturated carbocycles. The lowest BCUT2D eigenvalue weighted by Crippen LogP contribution is -2.09. The standard InChI is InChI=1S/C14H15BrClN3O2/c1-8(18-13-10(15)7-17-14(16)19-13)9-4-5-11(20-2)12(6-9)21-3/h4-8H,1-3H3,(H,17,18,19). The summed E-state index contributed by atoms with van der Waals surface area (Å²) in [5, 5.41) is 3.47. The van der Waals surface area contributed by atoms with Crippen LogP contribution in [0.15, 0.2) is 28.9 Å². The van der Waals surface area contributed by atoms with E-state index in [1.54, 1.807) is 20.4 Å². The Bertz CT molecular complexity index is 640. The van der Waals surface area contributed by atoms with Gasteiger partial charge in [0.05, 0.1) is 24.7 Å². The molecule has 1 atom stereocenters. The Labute approximate surface area is 136 Å². The first-order chi connectivity index (χ1) is 10.0. The number of halogens is 2. The first-order valence-electron chi connectivity index (χ1n) is 6.21. The molecule has 1 aromatic heterocycles. The van der Waals surface area contributed by atoms with Crippen molar-refractivity contribution in [3.05, 3.63) is 39.7 Å². The van der Waals surface area contributed by atoms with Crippen molar-refractivity contribution in [1.82, 2.24) is 9.97 Å². The van der Waals surface area contributed by atoms with Gasteiger partial charge in [-0.05, 0) is 52.2 Å². The van der Waals surface area contributed by atoms with E-state index in [0.717, 1.165) is 10.0 Å². The SMILES string of the molecule is COc1ccc(C(C)Nc2nc(Cl)ncc2Br)cc1OC. The van der Waals surface area contributed by atoms with Crippen LogP contribution in [-0.4, -0.2) is 24.2 Å². The van der Waals surface area contributed by atoms with Crippen LogP contribution in [0.4, 0.5) is 5.82 Å². The Hall–Kier alpha value is -1.53. The van der Waals surface area contributed by atoms with Gasteiger partial charge in [-0.2, -0.15) is 4.98 Å². The highest BCUT2D eigenvalue weighted by atomic mass is 79.9. The van der Waals surface area contributed by atoms with Gasteiger partial charge in [-0.3, -0.25) is 0 Å². The fraction of sp³-hybridized carbons (Fsp3) is 0.286. The molecule has 1 unspecified atom stereocenters. The van der Waals surface area contributed by atoms with E-state index in [2.05, 4.69) is 31.2 Å². The number of rotatable bonds is 5. The molecule has 0 fully saturated rings. The van der Waals surface area contributed by atoms with Gasteiger partial charge in [-0.1, -0.05) is 6.07 Å². The monoisotopic (exact) mass is 371 g/mol. The molecule has 21 heavy (non-hydrogen) atoms. The lowest BCUT2D eigenvalue weighted by atomic mass is 10.1. The van der Waals surface area contributed by atoms with Crippen LogP contribution in [-0.2, 0) is 0 Å². The van der Waals surface area contributed by atoms with Crippen molar-refractivity contribution < 1.29 is 9.47 Å². The average molecular weight is 373 g/mol. The third kappa shape index (κ3) is 3.77. The van der Waals surface area contributed by atoms with Crippen molar-refractivity contribution in [3.63, 3.8) is 0 Å². The van der Waals surface area contributed by atoms with Crippen LogP contribution in [0, 0.1) is 0 Å². The van der Waals surface area contributed by atoms with E-state index in [9.17, 15) is 0 Å². The molecule has 0 saturated heterocycles. The molecule has 0 aliphatic heterocycles. The predicted molar refractivity (Wildman–Crippen MR) is 86.3 cm³/mol. The molecule has 0 radical (unpaired) electrons. The zero-order valence-corrected chi connectivity index (χ0v) is 14.2. The van der Waals surface area contributed by atoms with Crippen molar-refractivity contribution >= 4 is 33.3 Å². The molecule has 5 nitrogen and oxygen atoms in total. The Morgan fingerprint density at radius 1 is 1.24 bits per heavy atom. The van der Waals surface area contributed by atoms with Gasteiger partial charge in [0, 0.05) is 6.20 Å². The van der Waals surface area contributed by atoms with Crippen LogP contribution in [0.5, 0.6) is 11.5 Å². The van der Waals surface area contributed by atoms with Crippen molar-refractivity contribution in [2.45, 2.75) is 13.0 Å². The zero-order valence-electron chi connectivity index (χ0n) is 11.9. The molecule has 0 bridgehead atoms. The first-order valence-corrected chi connectivity index (χ1v) is 7.38. The van der Waals surface area contributed by atoms with Gasteiger partial charge in [0.15, 0.2) is 11.5 Å². The number of hydrogen-bond donors (Lipinski definition) is 1. The number of hydrogen-bond acceptors (Lipinski definition) is 5. The summed E-state index contributed by atoms with van der Waals surface area (Å²) in [5.41, 5.74) is 1.04. The number of aromatic nitrogens is 2. The maximum Gasteiger partial charge on any atom is 0.224 e. The summed E-state index contributed by atoms with van der Waals surface area (Å²) < 4.78 is 11.3. The first kappa shape index (κ1) is 15.9. The molecule has 112 valence electrons. The number of methoxy groups -OCH3 is 2. The number of benzene rings is 1. The Morgan fingerprint density at radius 2 is 1.95 bits per heavy atom. The highest BCUT2D eigenvalue weighted by Crippen LogP contribution is 2.31. The number of ether oxygens (including phenoxy) is 2. The van der Waals surface area contributed by atoms with E-state index in [-0.39, 0.29) is 11.3 Å². The molecular weight excluding hydrogens is 358 g/mol. The molecular formula is C14H15BrClN3O2. The summed E-state index contributed by atoms with van der Waals surface area (Å²) in [4.78, 5) is 8.06. The predicted octanol–water partition coefficient (Wildman–Crippen LogP) is 4.08. The topological polar surface area (TPSA) is 56.3 Å². The molecule has 1 N–H and O–H groups in total. The molecule has 0 aliphatic carbocycles. The van der Waals surface area contributed by atoms with E-state index >= 15 is 0 Å². The lowest BCUT2D eigenvalue weighted by molar-refractivity contribution is 0.354. The van der Waals surface area contributed by atoms with Crippen molar-refractivity contribution in [3.8, 4) is 11.5 Å². The number of nitrogens with one attached hydrogen (secondary N) is 1. The minimum absolute atomic E-state index is 0.00655. The van der Waals surface area contributed by atoms with E-state index in [1.807, 2.05) is 25.1 Å². The lowest BCUT2D eigenvalue weighted by Gasteiger charge is -2.17. The van der Waals surface area contributed by atoms with Gasteiger partial charge >= 0.3 is 0 Å². The third-order valence-corrected chi connectivity index (χ3v) is 3.74. The van der Waals surface area contributed by atoms with Crippen LogP contribution in [0.1, 0.15) is 18.5 Å². The summed E-state index contributed by atoms with van der Waals surface area (Å²) in [6, 6.07) is 5.77. The Morgan fingerprint density at radius 3 is 2.62 bits per heavy atom. The summed E-state index contributed by atoms with van der Waals surface area (Å²) in [7, 11) is 3.22. The van der Waals surface area contributed by atoms with E-state index in [4.69, 9.17) is 21.1 Å².